The first-order valence-electron chi connectivity index (χ1n) is 13.2. The van der Waals surface area contributed by atoms with Gasteiger partial charge in [-0.15, -0.1) is 0 Å². The number of aromatic nitrogens is 2. The number of amides is 1. The van der Waals surface area contributed by atoms with Crippen LogP contribution in [0.3, 0.4) is 0 Å². The lowest BCUT2D eigenvalue weighted by molar-refractivity contribution is -0.147. The number of fused-ring (bicyclic) bond motifs is 1. The van der Waals surface area contributed by atoms with Crippen LogP contribution in [0.2, 0.25) is 0 Å². The largest absolute Gasteiger partial charge is 0.478 e. The molecule has 1 saturated carbocycles. The Bertz CT molecular complexity index is 1430. The van der Waals surface area contributed by atoms with Crippen molar-refractivity contribution in [3.05, 3.63) is 52.6 Å². The number of carboxylic acids is 2. The summed E-state index contributed by atoms with van der Waals surface area (Å²) in [5.74, 6) is -4.75. The smallest absolute Gasteiger partial charge is 0.328 e. The molecule has 2 unspecified atom stereocenters. The SMILES string of the molecule is Cc1nn(-c2cc(F)c(C(N)=O)c(NC3CCCC3OC(=O)CN)c2)c2c1C(=O)CC(C)(C)C2.O=C(O)C=CC(=O)O. The quantitative estimate of drug-likeness (QED) is 0.222. The Balaban J connectivity index is 0.000000531. The fraction of sp³-hybridized carbons (Fsp3) is 0.429. The molecule has 1 aromatic carbocycles. The second-order valence-corrected chi connectivity index (χ2v) is 10.9. The molecule has 42 heavy (non-hydrogen) atoms. The van der Waals surface area contributed by atoms with Crippen molar-refractivity contribution in [2.24, 2.45) is 16.9 Å². The number of nitrogens with zero attached hydrogens (tertiary/aromatic N) is 2. The first kappa shape index (κ1) is 31.9. The summed E-state index contributed by atoms with van der Waals surface area (Å²) in [5, 5.41) is 23.3. The van der Waals surface area contributed by atoms with Gasteiger partial charge in [-0.1, -0.05) is 13.8 Å². The van der Waals surface area contributed by atoms with Crippen LogP contribution in [0, 0.1) is 18.2 Å². The zero-order chi connectivity index (χ0) is 31.4. The molecule has 226 valence electrons. The van der Waals surface area contributed by atoms with E-state index in [1.54, 1.807) is 17.7 Å². The molecule has 1 heterocycles. The van der Waals surface area contributed by atoms with Crippen molar-refractivity contribution in [1.29, 1.82) is 0 Å². The highest BCUT2D eigenvalue weighted by atomic mass is 19.1. The number of carbonyl (C=O) groups excluding carboxylic acids is 3. The lowest BCUT2D eigenvalue weighted by Gasteiger charge is -2.29. The molecule has 2 aliphatic carbocycles. The van der Waals surface area contributed by atoms with Gasteiger partial charge in [0.05, 0.1) is 46.5 Å². The van der Waals surface area contributed by atoms with E-state index in [9.17, 15) is 24.0 Å². The van der Waals surface area contributed by atoms with Gasteiger partial charge in [0.15, 0.2) is 5.78 Å². The first-order chi connectivity index (χ1) is 19.6. The summed E-state index contributed by atoms with van der Waals surface area (Å²) in [6.07, 6.45) is 3.74. The monoisotopic (exact) mass is 587 g/mol. The van der Waals surface area contributed by atoms with E-state index in [2.05, 4.69) is 10.4 Å². The molecule has 1 aromatic heterocycles. The number of benzene rings is 1. The van der Waals surface area contributed by atoms with Gasteiger partial charge in [0.1, 0.15) is 11.9 Å². The molecular weight excluding hydrogens is 553 g/mol. The Labute approximate surface area is 240 Å². The molecule has 0 radical (unpaired) electrons. The van der Waals surface area contributed by atoms with Crippen molar-refractivity contribution in [3.8, 4) is 5.69 Å². The number of nitrogens with two attached hydrogens (primary N) is 2. The zero-order valence-electron chi connectivity index (χ0n) is 23.5. The Morgan fingerprint density at radius 3 is 2.38 bits per heavy atom. The third kappa shape index (κ3) is 7.57. The summed E-state index contributed by atoms with van der Waals surface area (Å²) in [5.41, 5.74) is 12.7. The van der Waals surface area contributed by atoms with Crippen molar-refractivity contribution in [2.75, 3.05) is 11.9 Å². The van der Waals surface area contributed by atoms with E-state index in [0.717, 1.165) is 6.42 Å². The van der Waals surface area contributed by atoms with Crippen molar-refractivity contribution in [3.63, 3.8) is 0 Å². The number of carboxylic acid groups (broad SMARTS) is 2. The van der Waals surface area contributed by atoms with Crippen LogP contribution in [-0.4, -0.2) is 68.3 Å². The number of aliphatic carboxylic acids is 2. The molecule has 7 N–H and O–H groups in total. The van der Waals surface area contributed by atoms with E-state index in [4.69, 9.17) is 26.4 Å². The predicted octanol–water partition coefficient (Wildman–Crippen LogP) is 2.12. The predicted molar refractivity (Wildman–Crippen MR) is 148 cm³/mol. The van der Waals surface area contributed by atoms with Gasteiger partial charge < -0.3 is 31.7 Å². The minimum absolute atomic E-state index is 0.0121. The number of hydrogen-bond acceptors (Lipinski definition) is 9. The topological polar surface area (TPSA) is 217 Å². The molecule has 4 rings (SSSR count). The van der Waals surface area contributed by atoms with E-state index < -0.39 is 35.7 Å². The number of ether oxygens (including phenoxy) is 1. The van der Waals surface area contributed by atoms with E-state index in [-0.39, 0.29) is 35.0 Å². The molecule has 0 bridgehead atoms. The van der Waals surface area contributed by atoms with Crippen LogP contribution in [-0.2, 0) is 25.5 Å². The number of aryl methyl sites for hydroxylation is 1. The molecule has 2 atom stereocenters. The zero-order valence-corrected chi connectivity index (χ0v) is 23.5. The van der Waals surface area contributed by atoms with E-state index in [1.165, 1.54) is 6.07 Å². The highest BCUT2D eigenvalue weighted by molar-refractivity contribution is 6.00. The number of halogens is 1. The number of rotatable bonds is 8. The van der Waals surface area contributed by atoms with Gasteiger partial charge in [-0.25, -0.2) is 18.7 Å². The minimum Gasteiger partial charge on any atom is -0.478 e. The normalized spacial score (nSPS) is 19.0. The van der Waals surface area contributed by atoms with Crippen molar-refractivity contribution in [1.82, 2.24) is 9.78 Å². The van der Waals surface area contributed by atoms with Crippen LogP contribution < -0.4 is 16.8 Å². The van der Waals surface area contributed by atoms with E-state index >= 15 is 4.39 Å². The first-order valence-corrected chi connectivity index (χ1v) is 13.2. The number of carbonyl (C=O) groups is 5. The Hall–Kier alpha value is -4.59. The van der Waals surface area contributed by atoms with Gasteiger partial charge in [0.2, 0.25) is 0 Å². The Morgan fingerprint density at radius 2 is 1.81 bits per heavy atom. The third-order valence-electron chi connectivity index (χ3n) is 6.90. The van der Waals surface area contributed by atoms with Gasteiger partial charge in [0, 0.05) is 24.6 Å². The Morgan fingerprint density at radius 1 is 1.17 bits per heavy atom. The Kier molecular flexibility index (Phi) is 9.83. The standard InChI is InChI=1S/C24H30FN5O4.C4H4O4/c1-12-21-17(9-24(2,3)10-18(21)31)30(29-12)13-7-14(25)22(23(27)33)16(8-13)28-15-5-4-6-19(15)34-20(32)11-26;5-3(6)1-2-4(7)8/h7-8,15,19,28H,4-6,9-11,26H2,1-3H3,(H2,27,33);1-2H,(H,5,6)(H,7,8). The number of anilines is 1. The van der Waals surface area contributed by atoms with Crippen LogP contribution >= 0.6 is 0 Å². The van der Waals surface area contributed by atoms with Crippen LogP contribution in [0.25, 0.3) is 5.69 Å². The molecule has 2 aromatic rings. The number of primary amides is 1. The average molecular weight is 588 g/mol. The van der Waals surface area contributed by atoms with Crippen LogP contribution in [0.1, 0.15) is 71.6 Å². The van der Waals surface area contributed by atoms with Gasteiger partial charge in [-0.2, -0.15) is 5.10 Å². The molecule has 13 nitrogen and oxygen atoms in total. The number of nitrogens with one attached hydrogen (secondary N) is 1. The maximum absolute atomic E-state index is 15.2. The lowest BCUT2D eigenvalue weighted by atomic mass is 9.75. The van der Waals surface area contributed by atoms with Crippen LogP contribution in [0.4, 0.5) is 10.1 Å². The maximum atomic E-state index is 15.2. The summed E-state index contributed by atoms with van der Waals surface area (Å²) in [4.78, 5) is 55.7. The molecule has 0 spiro atoms. The molecule has 1 fully saturated rings. The second kappa shape index (κ2) is 12.9. The average Bonchev–Trinajstić information content (AvgIpc) is 3.44. The highest BCUT2D eigenvalue weighted by Gasteiger charge is 2.36. The molecule has 0 saturated heterocycles. The van der Waals surface area contributed by atoms with Crippen LogP contribution in [0.15, 0.2) is 24.3 Å². The summed E-state index contributed by atoms with van der Waals surface area (Å²) in [7, 11) is 0. The maximum Gasteiger partial charge on any atom is 0.328 e. The fourth-order valence-electron chi connectivity index (χ4n) is 5.22. The van der Waals surface area contributed by atoms with Gasteiger partial charge >= 0.3 is 17.9 Å². The number of hydrogen-bond donors (Lipinski definition) is 5. The fourth-order valence-corrected chi connectivity index (χ4v) is 5.22. The number of Topliss-reactive ketones (excluding diaryl/α,β-unsaturated/α-hetero) is 1. The summed E-state index contributed by atoms with van der Waals surface area (Å²) in [6.45, 7) is 5.53. The number of esters is 1. The molecule has 1 amide bonds. The summed E-state index contributed by atoms with van der Waals surface area (Å²) < 4.78 is 22.2. The number of ketones is 1. The third-order valence-corrected chi connectivity index (χ3v) is 6.90. The molecular formula is C28H34FN5O8. The van der Waals surface area contributed by atoms with Gasteiger partial charge in [-0.05, 0) is 44.1 Å². The van der Waals surface area contributed by atoms with Crippen molar-refractivity contribution >= 4 is 35.3 Å². The van der Waals surface area contributed by atoms with Gasteiger partial charge in [-0.3, -0.25) is 14.4 Å². The highest BCUT2D eigenvalue weighted by Crippen LogP contribution is 2.38. The summed E-state index contributed by atoms with van der Waals surface area (Å²) >= 11 is 0. The van der Waals surface area contributed by atoms with Crippen LogP contribution in [0.5, 0.6) is 0 Å². The molecule has 0 aliphatic heterocycles. The molecule has 14 heteroatoms. The lowest BCUT2D eigenvalue weighted by Crippen LogP contribution is -2.35. The second-order valence-electron chi connectivity index (χ2n) is 10.9. The summed E-state index contributed by atoms with van der Waals surface area (Å²) in [6, 6.07) is 2.46. The molecule has 2 aliphatic rings. The van der Waals surface area contributed by atoms with Crippen molar-refractivity contribution in [2.45, 2.75) is 65.0 Å². The minimum atomic E-state index is -1.26. The van der Waals surface area contributed by atoms with Crippen molar-refractivity contribution < 1.29 is 43.3 Å². The van der Waals surface area contributed by atoms with E-state index in [1.807, 2.05) is 13.8 Å². The van der Waals surface area contributed by atoms with E-state index in [0.29, 0.717) is 60.5 Å². The van der Waals surface area contributed by atoms with Gasteiger partial charge in [0.25, 0.3) is 5.91 Å².